The number of nitrogens with zero attached hydrogens (tertiary/aromatic N) is 6. The third-order valence-electron chi connectivity index (χ3n) is 8.29. The van der Waals surface area contributed by atoms with Crippen molar-refractivity contribution in [3.8, 4) is 22.7 Å². The fourth-order valence-electron chi connectivity index (χ4n) is 6.40. The summed E-state index contributed by atoms with van der Waals surface area (Å²) in [7, 11) is -4.32. The van der Waals surface area contributed by atoms with Crippen LogP contribution in [0.4, 0.5) is 10.2 Å². The highest BCUT2D eigenvalue weighted by molar-refractivity contribution is 7.91. The Morgan fingerprint density at radius 2 is 1.96 bits per heavy atom. The minimum Gasteiger partial charge on any atom is -0.507 e. The summed E-state index contributed by atoms with van der Waals surface area (Å²) in [5.74, 6) is -2.39. The Hall–Kier alpha value is -4.36. The predicted octanol–water partition coefficient (Wildman–Crippen LogP) is 4.15. The number of benzene rings is 1. The number of halogens is 2. The summed E-state index contributed by atoms with van der Waals surface area (Å²) in [6.07, 6.45) is 2.77. The van der Waals surface area contributed by atoms with Gasteiger partial charge in [-0.1, -0.05) is 38.1 Å². The van der Waals surface area contributed by atoms with Crippen molar-refractivity contribution in [2.24, 2.45) is 0 Å². The first kappa shape index (κ1) is 30.7. The van der Waals surface area contributed by atoms with Crippen molar-refractivity contribution >= 4 is 44.2 Å². The molecule has 45 heavy (non-hydrogen) atoms. The van der Waals surface area contributed by atoms with Crippen molar-refractivity contribution in [3.05, 3.63) is 75.7 Å². The number of rotatable bonds is 4. The topological polar surface area (TPSA) is 139 Å². The second-order valence-corrected chi connectivity index (χ2v) is 14.0. The largest absolute Gasteiger partial charge is 0.507 e. The number of phenols is 1. The van der Waals surface area contributed by atoms with Gasteiger partial charge in [-0.3, -0.25) is 9.78 Å². The van der Waals surface area contributed by atoms with E-state index in [9.17, 15) is 23.1 Å². The van der Waals surface area contributed by atoms with Gasteiger partial charge in [-0.05, 0) is 49.6 Å². The number of hydrogen-bond donors (Lipinski definition) is 1. The van der Waals surface area contributed by atoms with Crippen LogP contribution in [-0.2, 0) is 14.6 Å². The molecule has 2 atom stereocenters. The summed E-state index contributed by atoms with van der Waals surface area (Å²) in [5.41, 5.74) is -0.154. The van der Waals surface area contributed by atoms with E-state index in [1.807, 2.05) is 13.8 Å². The second-order valence-electron chi connectivity index (χ2n) is 11.6. The molecule has 0 bridgehead atoms. The summed E-state index contributed by atoms with van der Waals surface area (Å²) in [4.78, 5) is 43.3. The lowest BCUT2D eigenvalue weighted by atomic mass is 10.0. The van der Waals surface area contributed by atoms with Crippen LogP contribution in [0.2, 0.25) is 5.02 Å². The Labute approximate surface area is 263 Å². The molecule has 2 aliphatic heterocycles. The molecular formula is C31H30ClFN6O5S. The Bertz CT molecular complexity index is 2080. The molecule has 5 heterocycles. The molecule has 0 spiro atoms. The van der Waals surface area contributed by atoms with Gasteiger partial charge in [0.15, 0.2) is 15.5 Å². The molecule has 0 aliphatic carbocycles. The Morgan fingerprint density at radius 1 is 1.22 bits per heavy atom. The lowest BCUT2D eigenvalue weighted by Gasteiger charge is -2.45. The molecule has 11 nitrogen and oxygen atoms in total. The van der Waals surface area contributed by atoms with Crippen molar-refractivity contribution in [2.75, 3.05) is 23.7 Å². The molecular weight excluding hydrogens is 623 g/mol. The molecule has 1 N–H and O–H groups in total. The van der Waals surface area contributed by atoms with Crippen LogP contribution in [0.25, 0.3) is 28.0 Å². The van der Waals surface area contributed by atoms with Crippen molar-refractivity contribution in [2.45, 2.75) is 50.6 Å². The van der Waals surface area contributed by atoms with Crippen LogP contribution in [0.3, 0.4) is 0 Å². The van der Waals surface area contributed by atoms with Crippen LogP contribution in [0.15, 0.2) is 52.8 Å². The number of hydrogen-bond acceptors (Lipinski definition) is 9. The highest BCUT2D eigenvalue weighted by Gasteiger charge is 2.44. The van der Waals surface area contributed by atoms with Gasteiger partial charge >= 0.3 is 5.69 Å². The normalized spacial score (nSPS) is 19.0. The molecule has 6 rings (SSSR count). The second kappa shape index (κ2) is 10.9. The zero-order valence-corrected chi connectivity index (χ0v) is 26.5. The van der Waals surface area contributed by atoms with Gasteiger partial charge in [-0.15, -0.1) is 0 Å². The number of aromatic hydroxyl groups is 1. The fourth-order valence-corrected chi connectivity index (χ4v) is 8.79. The Morgan fingerprint density at radius 3 is 2.62 bits per heavy atom. The highest BCUT2D eigenvalue weighted by atomic mass is 35.5. The molecule has 0 radical (unpaired) electrons. The quantitative estimate of drug-likeness (QED) is 0.322. The third-order valence-corrected chi connectivity index (χ3v) is 10.6. The van der Waals surface area contributed by atoms with E-state index in [-0.39, 0.29) is 52.4 Å². The summed E-state index contributed by atoms with van der Waals surface area (Å²) in [5, 5.41) is 10.3. The molecule has 1 amide bonds. The number of aromatic nitrogens is 4. The molecule has 234 valence electrons. The highest BCUT2D eigenvalue weighted by Crippen LogP contribution is 2.46. The zero-order valence-electron chi connectivity index (χ0n) is 25.0. The van der Waals surface area contributed by atoms with E-state index in [1.165, 1.54) is 21.6 Å². The Balaban J connectivity index is 1.81. The molecule has 1 saturated heterocycles. The molecule has 1 aromatic carbocycles. The first-order valence-corrected chi connectivity index (χ1v) is 16.3. The summed E-state index contributed by atoms with van der Waals surface area (Å²) in [6.45, 7) is 11.2. The van der Waals surface area contributed by atoms with Gasteiger partial charge in [0.05, 0.1) is 44.8 Å². The van der Waals surface area contributed by atoms with Gasteiger partial charge < -0.3 is 14.9 Å². The van der Waals surface area contributed by atoms with Gasteiger partial charge in [0.25, 0.3) is 0 Å². The molecule has 0 saturated carbocycles. The van der Waals surface area contributed by atoms with E-state index in [1.54, 1.807) is 31.0 Å². The summed E-state index contributed by atoms with van der Waals surface area (Å²) in [6, 6.07) is 4.03. The van der Waals surface area contributed by atoms with E-state index in [2.05, 4.69) is 21.5 Å². The summed E-state index contributed by atoms with van der Waals surface area (Å²) >= 11 is 6.87. The van der Waals surface area contributed by atoms with Crippen LogP contribution in [-0.4, -0.2) is 74.8 Å². The van der Waals surface area contributed by atoms with Crippen LogP contribution < -0.4 is 10.6 Å². The number of amides is 1. The van der Waals surface area contributed by atoms with Gasteiger partial charge in [-0.25, -0.2) is 27.2 Å². The number of fused-ring (bicyclic) bond motifs is 2. The molecule has 1 fully saturated rings. The Kier molecular flexibility index (Phi) is 7.44. The van der Waals surface area contributed by atoms with E-state index in [0.29, 0.717) is 16.9 Å². The number of pyridine rings is 2. The average Bonchev–Trinajstić information content (AvgIpc) is 3.06. The van der Waals surface area contributed by atoms with Crippen LogP contribution >= 0.6 is 11.6 Å². The van der Waals surface area contributed by atoms with Crippen LogP contribution in [0.5, 0.6) is 5.75 Å². The molecule has 2 unspecified atom stereocenters. The van der Waals surface area contributed by atoms with Gasteiger partial charge in [0.1, 0.15) is 22.3 Å². The van der Waals surface area contributed by atoms with Gasteiger partial charge in [-0.2, -0.15) is 4.98 Å². The number of carbonyl (C=O) groups is 1. The lowest BCUT2D eigenvalue weighted by Crippen LogP contribution is -2.61. The number of piperazine rings is 1. The number of carbonyl (C=O) groups excluding carboxylic acids is 1. The third kappa shape index (κ3) is 4.76. The maximum atomic E-state index is 15.3. The van der Waals surface area contributed by atoms with Gasteiger partial charge in [0.2, 0.25) is 5.91 Å². The summed E-state index contributed by atoms with van der Waals surface area (Å²) < 4.78 is 45.3. The number of aryl methyl sites for hydroxylation is 1. The predicted molar refractivity (Wildman–Crippen MR) is 168 cm³/mol. The van der Waals surface area contributed by atoms with Crippen LogP contribution in [0, 0.1) is 12.7 Å². The first-order chi connectivity index (χ1) is 21.3. The molecule has 14 heteroatoms. The average molecular weight is 653 g/mol. The standard InChI is InChI=1S/C31H30ClFN6O5S/c1-6-21(41)37-12-17(5)38-18(13-37)14-45(43,44)28-23-29(35-26(24(28)32)22-19(33)8-7-9-20(22)40)39(31(42)36-30(23)38)27-16(4)10-11-34-25(27)15(2)3/h6-11,15,17-18,40H,1,12-14H2,2-5H3. The van der Waals surface area contributed by atoms with E-state index < -0.39 is 55.5 Å². The van der Waals surface area contributed by atoms with E-state index in [4.69, 9.17) is 11.6 Å². The maximum absolute atomic E-state index is 15.3. The van der Waals surface area contributed by atoms with E-state index >= 15 is 4.39 Å². The maximum Gasteiger partial charge on any atom is 0.355 e. The van der Waals surface area contributed by atoms with Crippen molar-refractivity contribution in [3.63, 3.8) is 0 Å². The van der Waals surface area contributed by atoms with Crippen molar-refractivity contribution in [1.29, 1.82) is 0 Å². The fraction of sp³-hybridized carbons (Fsp3) is 0.323. The van der Waals surface area contributed by atoms with Crippen molar-refractivity contribution in [1.82, 2.24) is 24.4 Å². The van der Waals surface area contributed by atoms with E-state index in [0.717, 1.165) is 12.1 Å². The lowest BCUT2D eigenvalue weighted by molar-refractivity contribution is -0.127. The van der Waals surface area contributed by atoms with Crippen LogP contribution in [0.1, 0.15) is 37.9 Å². The van der Waals surface area contributed by atoms with Crippen molar-refractivity contribution < 1.29 is 22.7 Å². The zero-order chi connectivity index (χ0) is 32.5. The molecule has 4 aromatic rings. The number of phenolic OH excluding ortho intramolecular Hbond substituents is 1. The van der Waals surface area contributed by atoms with Gasteiger partial charge in [0, 0.05) is 25.3 Å². The smallest absolute Gasteiger partial charge is 0.355 e. The monoisotopic (exact) mass is 652 g/mol. The number of anilines is 1. The first-order valence-electron chi connectivity index (χ1n) is 14.3. The SMILES string of the molecule is C=CC(=O)N1CC(C)N2c3nc(=O)n(-c4c(C)ccnc4C(C)C)c4nc(-c5c(O)cccc5F)c(Cl)c(c34)S(=O)(=O)CC2C1. The minimum absolute atomic E-state index is 0.0138. The minimum atomic E-state index is -4.32. The number of sulfone groups is 1. The molecule has 2 aliphatic rings. The molecule has 3 aromatic heterocycles.